The average Bonchev–Trinajstić information content (AvgIpc) is 3.49. The van der Waals surface area contributed by atoms with Crippen LogP contribution in [0.4, 0.5) is 5.69 Å². The van der Waals surface area contributed by atoms with Gasteiger partial charge in [0.15, 0.2) is 0 Å². The molecule has 5 atom stereocenters. The topological polar surface area (TPSA) is 98.2 Å². The Bertz CT molecular complexity index is 1880. The molecule has 52 heavy (non-hydrogen) atoms. The van der Waals surface area contributed by atoms with Gasteiger partial charge in [0.1, 0.15) is 11.5 Å². The Hall–Kier alpha value is -3.05. The fourth-order valence-electron chi connectivity index (χ4n) is 7.68. The molecule has 6 rings (SSSR count). The number of anilines is 1. The van der Waals surface area contributed by atoms with Gasteiger partial charge in [0.2, 0.25) is 0 Å². The van der Waals surface area contributed by atoms with Gasteiger partial charge in [-0.05, 0) is 98.7 Å². The molecule has 1 amide bonds. The van der Waals surface area contributed by atoms with Crippen LogP contribution in [-0.4, -0.2) is 65.3 Å². The van der Waals surface area contributed by atoms with E-state index in [2.05, 4.69) is 52.4 Å². The highest BCUT2D eigenvalue weighted by Crippen LogP contribution is 2.45. The number of ketones is 1. The smallest absolute Gasteiger partial charge is 0.285 e. The summed E-state index contributed by atoms with van der Waals surface area (Å²) in [4.78, 5) is 33.9. The number of carbonyl (C=O) groups excluding carboxylic acids is 2. The van der Waals surface area contributed by atoms with Crippen molar-refractivity contribution >= 4 is 50.0 Å². The number of methoxy groups -OCH3 is 1. The molecule has 0 N–H and O–H groups in total. The van der Waals surface area contributed by atoms with E-state index in [-0.39, 0.29) is 47.1 Å². The van der Waals surface area contributed by atoms with E-state index in [1.54, 1.807) is 24.5 Å². The molecule has 2 aliphatic heterocycles. The summed E-state index contributed by atoms with van der Waals surface area (Å²) in [6.07, 6.45) is 8.89. The molecule has 11 heteroatoms. The number of hydrogen-bond donors (Lipinski definition) is 0. The molecule has 3 heterocycles. The Balaban J connectivity index is 0.00000257. The Morgan fingerprint density at radius 2 is 1.98 bits per heavy atom. The first-order valence-corrected chi connectivity index (χ1v) is 21.8. The van der Waals surface area contributed by atoms with Crippen LogP contribution in [0.15, 0.2) is 58.3 Å². The third-order valence-corrected chi connectivity index (χ3v) is 13.9. The summed E-state index contributed by atoms with van der Waals surface area (Å²) in [7, 11) is -1.42. The number of carbonyl (C=O) groups is 2. The van der Waals surface area contributed by atoms with Crippen LogP contribution in [0.3, 0.4) is 0 Å². The zero-order chi connectivity index (χ0) is 37.5. The van der Waals surface area contributed by atoms with E-state index in [1.165, 1.54) is 11.1 Å². The third kappa shape index (κ3) is 9.54. The normalized spacial score (nSPS) is 26.9. The molecule has 282 valence electrons. The summed E-state index contributed by atoms with van der Waals surface area (Å²) in [5.74, 6) is 0.278. The van der Waals surface area contributed by atoms with Gasteiger partial charge in [-0.2, -0.15) is 4.36 Å². The summed E-state index contributed by atoms with van der Waals surface area (Å²) in [5, 5.41) is 3.63. The number of halogens is 1. The van der Waals surface area contributed by atoms with Gasteiger partial charge in [-0.15, -0.1) is 11.3 Å². The van der Waals surface area contributed by atoms with E-state index in [4.69, 9.17) is 21.1 Å². The second-order valence-corrected chi connectivity index (χ2v) is 18.2. The fraction of sp³-hybridized carbons (Fsp3) is 0.537. The molecule has 2 bridgehead atoms. The van der Waals surface area contributed by atoms with Gasteiger partial charge in [-0.25, -0.2) is 9.19 Å². The molecule has 0 fully saturated rings. The highest BCUT2D eigenvalue weighted by Gasteiger charge is 2.42. The van der Waals surface area contributed by atoms with Gasteiger partial charge in [-0.1, -0.05) is 57.5 Å². The molecular formula is C41H54ClN3O5S2. The van der Waals surface area contributed by atoms with E-state index in [1.807, 2.05) is 44.4 Å². The number of ether oxygens (including phenoxy) is 2. The lowest BCUT2D eigenvalue weighted by atomic mass is 9.70. The number of rotatable bonds is 6. The summed E-state index contributed by atoms with van der Waals surface area (Å²) < 4.78 is 31.3. The summed E-state index contributed by atoms with van der Waals surface area (Å²) in [6.45, 7) is 12.3. The molecule has 3 aliphatic rings. The first-order valence-electron chi connectivity index (χ1n) is 18.7. The van der Waals surface area contributed by atoms with Gasteiger partial charge in [-0.3, -0.25) is 9.59 Å². The van der Waals surface area contributed by atoms with E-state index in [9.17, 15) is 13.8 Å². The number of thiazole rings is 1. The summed E-state index contributed by atoms with van der Waals surface area (Å²) in [6, 6.07) is 11.6. The zero-order valence-electron chi connectivity index (χ0n) is 31.5. The minimum absolute atomic E-state index is 0.106. The average molecular weight is 768 g/mol. The van der Waals surface area contributed by atoms with Crippen molar-refractivity contribution in [1.29, 1.82) is 0 Å². The Morgan fingerprint density at radius 3 is 2.73 bits per heavy atom. The number of amides is 1. The fourth-order valence-corrected chi connectivity index (χ4v) is 10.5. The Kier molecular flexibility index (Phi) is 13.8. The molecular weight excluding hydrogens is 714 g/mol. The highest BCUT2D eigenvalue weighted by molar-refractivity contribution is 7.94. The third-order valence-electron chi connectivity index (χ3n) is 10.6. The largest absolute Gasteiger partial charge is 0.490 e. The maximum absolute atomic E-state index is 14.3. The van der Waals surface area contributed by atoms with E-state index in [0.717, 1.165) is 40.7 Å². The van der Waals surface area contributed by atoms with Crippen LogP contribution in [0, 0.1) is 18.8 Å². The van der Waals surface area contributed by atoms with Crippen molar-refractivity contribution in [2.24, 2.45) is 16.2 Å². The molecule has 3 aromatic rings. The standard InChI is InChI=1S/C39H48ClN3O5S2.C2H6/c1-26-21-43-24-39(17-8-9-29-19-31(40)12-15-34(29)39)25-48-37-16-11-30(20-35(37)43)38(45)42-50(46,18-7-5-6-10-36(47-4)27(26)2)23-33(44)14-13-32-22-49-28(3)41-32;1-2/h6,10-12,15-16,19-20,22,26-27,36H,5,7-9,13-14,17-18,21,23-25H2,1-4H3;1-2H3/b10-6+;/t26-,27+,36-,39-,50+;/m0./s1. The number of aryl methyl sites for hydroxylation is 3. The van der Waals surface area contributed by atoms with Crippen LogP contribution in [0.25, 0.3) is 0 Å². The van der Waals surface area contributed by atoms with Crippen LogP contribution in [-0.2, 0) is 37.5 Å². The number of Topliss-reactive ketones (excluding diaryl/α,β-unsaturated/α-hetero) is 1. The predicted octanol–water partition coefficient (Wildman–Crippen LogP) is 9.05. The van der Waals surface area contributed by atoms with Crippen molar-refractivity contribution in [2.45, 2.75) is 91.1 Å². The van der Waals surface area contributed by atoms with Gasteiger partial charge in [0, 0.05) is 53.8 Å². The second-order valence-electron chi connectivity index (χ2n) is 14.3. The number of fused-ring (bicyclic) bond motifs is 3. The molecule has 1 spiro atoms. The molecule has 0 saturated carbocycles. The maximum Gasteiger partial charge on any atom is 0.285 e. The van der Waals surface area contributed by atoms with Crippen LogP contribution in [0.1, 0.15) is 92.0 Å². The highest BCUT2D eigenvalue weighted by atomic mass is 35.5. The van der Waals surface area contributed by atoms with Crippen LogP contribution < -0.4 is 9.64 Å². The van der Waals surface area contributed by atoms with Crippen molar-refractivity contribution < 1.29 is 23.3 Å². The van der Waals surface area contributed by atoms with Crippen molar-refractivity contribution in [3.8, 4) is 5.75 Å². The Morgan fingerprint density at radius 1 is 1.17 bits per heavy atom. The zero-order valence-corrected chi connectivity index (χ0v) is 33.9. The van der Waals surface area contributed by atoms with Crippen molar-refractivity contribution in [2.75, 3.05) is 43.2 Å². The van der Waals surface area contributed by atoms with Gasteiger partial charge < -0.3 is 14.4 Å². The number of benzene rings is 2. The maximum atomic E-state index is 14.3. The first-order chi connectivity index (χ1) is 25.0. The molecule has 0 radical (unpaired) electrons. The first kappa shape index (κ1) is 40.1. The lowest BCUT2D eigenvalue weighted by Gasteiger charge is -2.42. The van der Waals surface area contributed by atoms with E-state index in [0.29, 0.717) is 50.3 Å². The van der Waals surface area contributed by atoms with Crippen LogP contribution >= 0.6 is 22.9 Å². The molecule has 8 nitrogen and oxygen atoms in total. The lowest BCUT2D eigenvalue weighted by molar-refractivity contribution is -0.116. The Labute approximate surface area is 319 Å². The summed E-state index contributed by atoms with van der Waals surface area (Å²) >= 11 is 7.99. The van der Waals surface area contributed by atoms with Crippen LogP contribution in [0.5, 0.6) is 5.75 Å². The van der Waals surface area contributed by atoms with Crippen molar-refractivity contribution in [3.63, 3.8) is 0 Å². The summed E-state index contributed by atoms with van der Waals surface area (Å²) in [5.41, 5.74) is 4.28. The minimum atomic E-state index is -3.17. The van der Waals surface area contributed by atoms with Crippen molar-refractivity contribution in [3.05, 3.63) is 86.3 Å². The minimum Gasteiger partial charge on any atom is -0.490 e. The number of nitrogens with zero attached hydrogens (tertiary/aromatic N) is 3. The molecule has 1 aromatic heterocycles. The second kappa shape index (κ2) is 17.9. The SMILES string of the molecule is CC.CO[C@H]1/C=C/CCC[S@@](=O)(CC(=O)CCc2csc(C)n2)=NC(=O)c2ccc3c(c2)N(C[C@H](C)[C@H]1C)C[C@@]1(CCCc2cc(Cl)ccc21)CO3. The lowest BCUT2D eigenvalue weighted by Crippen LogP contribution is -2.47. The number of allylic oxidation sites excluding steroid dienone is 1. The predicted molar refractivity (Wildman–Crippen MR) is 214 cm³/mol. The van der Waals surface area contributed by atoms with Gasteiger partial charge in [0.25, 0.3) is 5.91 Å². The van der Waals surface area contributed by atoms with Gasteiger partial charge >= 0.3 is 0 Å². The number of hydrogen-bond acceptors (Lipinski definition) is 8. The van der Waals surface area contributed by atoms with E-state index >= 15 is 0 Å². The van der Waals surface area contributed by atoms with Crippen LogP contribution in [0.2, 0.25) is 5.02 Å². The molecule has 0 saturated heterocycles. The van der Waals surface area contributed by atoms with E-state index < -0.39 is 15.6 Å². The monoisotopic (exact) mass is 767 g/mol. The van der Waals surface area contributed by atoms with Crippen molar-refractivity contribution in [1.82, 2.24) is 4.98 Å². The number of aromatic nitrogens is 1. The molecule has 0 unspecified atom stereocenters. The molecule has 2 aromatic carbocycles. The molecule has 1 aliphatic carbocycles. The van der Waals surface area contributed by atoms with Gasteiger partial charge in [0.05, 0.1) is 44.6 Å². The quantitative estimate of drug-likeness (QED) is 0.231.